The van der Waals surface area contributed by atoms with E-state index in [9.17, 15) is 28.8 Å². The predicted molar refractivity (Wildman–Crippen MR) is 253 cm³/mol. The lowest BCUT2D eigenvalue weighted by Gasteiger charge is -2.26. The highest BCUT2D eigenvalue weighted by molar-refractivity contribution is 7.18. The van der Waals surface area contributed by atoms with Crippen molar-refractivity contribution in [3.63, 3.8) is 0 Å². The van der Waals surface area contributed by atoms with Crippen molar-refractivity contribution in [2.45, 2.75) is 51.4 Å². The van der Waals surface area contributed by atoms with E-state index in [1.165, 1.54) is 42.4 Å². The third-order valence-electron chi connectivity index (χ3n) is 11.9. The summed E-state index contributed by atoms with van der Waals surface area (Å²) >= 11 is 13.4. The van der Waals surface area contributed by atoms with Crippen molar-refractivity contribution < 1.29 is 57.2 Å². The first-order valence-corrected chi connectivity index (χ1v) is 23.2. The van der Waals surface area contributed by atoms with Crippen LogP contribution >= 0.6 is 34.5 Å². The highest BCUT2D eigenvalue weighted by Gasteiger charge is 2.34. The fourth-order valence-electron chi connectivity index (χ4n) is 7.89. The van der Waals surface area contributed by atoms with Crippen LogP contribution in [-0.2, 0) is 19.2 Å². The maximum atomic E-state index is 13.5. The second-order valence-electron chi connectivity index (χ2n) is 16.2. The summed E-state index contributed by atoms with van der Waals surface area (Å²) in [5.41, 5.74) is 1.43. The Kier molecular flexibility index (Phi) is 16.2. The van der Waals surface area contributed by atoms with Crippen LogP contribution in [0.4, 0.5) is 5.69 Å². The van der Waals surface area contributed by atoms with Crippen molar-refractivity contribution >= 4 is 81.9 Å². The molecule has 4 aromatic carbocycles. The fourth-order valence-corrected chi connectivity index (χ4v) is 9.07. The Labute approximate surface area is 401 Å². The van der Waals surface area contributed by atoms with Gasteiger partial charge in [0.25, 0.3) is 5.91 Å². The Hall–Kier alpha value is -6.48. The molecule has 0 saturated heterocycles. The molecule has 0 radical (unpaired) electrons. The molecule has 0 atom stereocenters. The lowest BCUT2D eigenvalue weighted by atomic mass is 9.82. The monoisotopic (exact) mass is 967 g/mol. The molecule has 2 aliphatic rings. The van der Waals surface area contributed by atoms with Gasteiger partial charge in [-0.1, -0.05) is 23.2 Å². The molecule has 0 N–H and O–H groups in total. The molecule has 1 heterocycles. The zero-order chi connectivity index (χ0) is 47.6. The van der Waals surface area contributed by atoms with E-state index in [0.717, 1.165) is 11.3 Å². The second kappa shape index (κ2) is 22.3. The SMILES string of the molecule is COc1ccc(C(=O)N(C)c2ccc(OC(=O)C3CCC(C(=O)Oc4ccc(OC(=O)C5CCC(C(=O)Oc6ccc(OC)cc6Cl)CC5)c(/C=C/C(=O)c5ccc(Cl)s5)c4)CC3)cc2)cc1. The third-order valence-corrected chi connectivity index (χ3v) is 13.4. The molecule has 2 saturated carbocycles. The summed E-state index contributed by atoms with van der Waals surface area (Å²) in [4.78, 5) is 81.0. The number of allylic oxidation sites excluding steroid dienone is 1. The Morgan fingerprint density at radius 2 is 1.03 bits per heavy atom. The fraction of sp³-hybridized carbons (Fsp3) is 0.294. The number of amides is 1. The molecule has 16 heteroatoms. The summed E-state index contributed by atoms with van der Waals surface area (Å²) in [6.45, 7) is 0. The van der Waals surface area contributed by atoms with E-state index in [-0.39, 0.29) is 34.0 Å². The number of carbonyl (C=O) groups excluding carboxylic acids is 6. The lowest BCUT2D eigenvalue weighted by molar-refractivity contribution is -0.145. The first-order valence-electron chi connectivity index (χ1n) is 21.6. The molecule has 13 nitrogen and oxygen atoms in total. The van der Waals surface area contributed by atoms with Crippen LogP contribution in [0.2, 0.25) is 9.36 Å². The van der Waals surface area contributed by atoms with Crippen LogP contribution in [0.25, 0.3) is 6.08 Å². The average Bonchev–Trinajstić information content (AvgIpc) is 3.80. The van der Waals surface area contributed by atoms with E-state index in [1.807, 2.05) is 0 Å². The number of rotatable bonds is 15. The van der Waals surface area contributed by atoms with Crippen LogP contribution in [-0.4, -0.2) is 56.8 Å². The van der Waals surface area contributed by atoms with E-state index < -0.39 is 47.5 Å². The Balaban J connectivity index is 0.927. The number of nitrogens with zero attached hydrogens (tertiary/aromatic N) is 1. The van der Waals surface area contributed by atoms with Crippen molar-refractivity contribution in [1.82, 2.24) is 0 Å². The van der Waals surface area contributed by atoms with E-state index in [2.05, 4.69) is 0 Å². The number of esters is 4. The number of hydrogen-bond donors (Lipinski definition) is 0. The molecule has 5 aromatic rings. The summed E-state index contributed by atoms with van der Waals surface area (Å²) in [5, 5.41) is 0.242. The number of hydrogen-bond acceptors (Lipinski definition) is 13. The summed E-state index contributed by atoms with van der Waals surface area (Å²) in [6.07, 6.45) is 5.98. The molecular weight excluding hydrogens is 922 g/mol. The van der Waals surface area contributed by atoms with E-state index in [0.29, 0.717) is 94.6 Å². The number of thiophene rings is 1. The molecule has 0 spiro atoms. The number of methoxy groups -OCH3 is 2. The maximum absolute atomic E-state index is 13.5. The molecule has 1 amide bonds. The van der Waals surface area contributed by atoms with Gasteiger partial charge in [0.2, 0.25) is 0 Å². The van der Waals surface area contributed by atoms with E-state index >= 15 is 0 Å². The van der Waals surface area contributed by atoms with E-state index in [4.69, 9.17) is 51.6 Å². The van der Waals surface area contributed by atoms with Gasteiger partial charge >= 0.3 is 23.9 Å². The Bertz CT molecular complexity index is 2650. The number of anilines is 1. The molecule has 1 aromatic heterocycles. The predicted octanol–water partition coefficient (Wildman–Crippen LogP) is 10.9. The summed E-state index contributed by atoms with van der Waals surface area (Å²) < 4.78 is 33.7. The first-order chi connectivity index (χ1) is 32.3. The lowest BCUT2D eigenvalue weighted by Crippen LogP contribution is -2.30. The van der Waals surface area contributed by atoms with Crippen LogP contribution in [0.3, 0.4) is 0 Å². The van der Waals surface area contributed by atoms with Crippen LogP contribution < -0.4 is 33.3 Å². The molecule has 0 bridgehead atoms. The highest BCUT2D eigenvalue weighted by atomic mass is 35.5. The molecule has 348 valence electrons. The van der Waals surface area contributed by atoms with Gasteiger partial charge in [-0.25, -0.2) is 0 Å². The minimum absolute atomic E-state index is 0.150. The quantitative estimate of drug-likeness (QED) is 0.0423. The highest BCUT2D eigenvalue weighted by Crippen LogP contribution is 2.36. The summed E-state index contributed by atoms with van der Waals surface area (Å²) in [6, 6.07) is 26.0. The third kappa shape index (κ3) is 12.5. The van der Waals surface area contributed by atoms with Crippen molar-refractivity contribution in [3.05, 3.63) is 129 Å². The molecule has 67 heavy (non-hydrogen) atoms. The van der Waals surface area contributed by atoms with Gasteiger partial charge in [0.1, 0.15) is 34.5 Å². The molecule has 2 fully saturated rings. The topological polar surface area (TPSA) is 161 Å². The van der Waals surface area contributed by atoms with Crippen molar-refractivity contribution in [2.75, 3.05) is 26.2 Å². The summed E-state index contributed by atoms with van der Waals surface area (Å²) in [7, 11) is 4.72. The van der Waals surface area contributed by atoms with Gasteiger partial charge in [0.15, 0.2) is 5.78 Å². The van der Waals surface area contributed by atoms with E-state index in [1.54, 1.807) is 93.0 Å². The van der Waals surface area contributed by atoms with Crippen LogP contribution in [0, 0.1) is 23.7 Å². The van der Waals surface area contributed by atoms with Crippen LogP contribution in [0.5, 0.6) is 34.5 Å². The van der Waals surface area contributed by atoms with Gasteiger partial charge in [-0.3, -0.25) is 28.8 Å². The standard InChI is InChI=1S/C51H47Cl2NO12S/c1-54(47(56)30-12-17-37(61-2)18-13-30)36-15-19-38(20-16-36)63-48(57)31-4-6-32(7-5-31)49(58)64-40-22-24-43(35(28-40)14-23-42(55)45-26-27-46(53)67-45)65-50(59)33-8-10-34(11-9-33)51(60)66-44-25-21-39(62-3)29-41(44)52/h12-29,31-34H,4-11H2,1-3H3/b23-14+. The van der Waals surface area contributed by atoms with Gasteiger partial charge < -0.3 is 33.3 Å². The molecule has 0 aliphatic heterocycles. The van der Waals surface area contributed by atoms with Crippen LogP contribution in [0.1, 0.15) is 77.0 Å². The number of benzene rings is 4. The van der Waals surface area contributed by atoms with Crippen molar-refractivity contribution in [1.29, 1.82) is 0 Å². The maximum Gasteiger partial charge on any atom is 0.314 e. The largest absolute Gasteiger partial charge is 0.497 e. The molecule has 2 aliphatic carbocycles. The normalized spacial score (nSPS) is 18.0. The minimum atomic E-state index is -0.502. The summed E-state index contributed by atoms with van der Waals surface area (Å²) in [5.74, 6) is -2.14. The number of ketones is 1. The number of halogens is 2. The smallest absolute Gasteiger partial charge is 0.314 e. The van der Waals surface area contributed by atoms with Crippen molar-refractivity contribution in [3.8, 4) is 34.5 Å². The van der Waals surface area contributed by atoms with Crippen LogP contribution in [0.15, 0.2) is 103 Å². The van der Waals surface area contributed by atoms with Gasteiger partial charge in [-0.2, -0.15) is 0 Å². The van der Waals surface area contributed by atoms with Gasteiger partial charge in [0, 0.05) is 29.9 Å². The molecular formula is C51H47Cl2NO12S. The number of carbonyl (C=O) groups is 6. The van der Waals surface area contributed by atoms with Gasteiger partial charge in [-0.15, -0.1) is 11.3 Å². The van der Waals surface area contributed by atoms with Gasteiger partial charge in [-0.05, 0) is 155 Å². The Morgan fingerprint density at radius 3 is 1.55 bits per heavy atom. The minimum Gasteiger partial charge on any atom is -0.497 e. The van der Waals surface area contributed by atoms with Gasteiger partial charge in [0.05, 0.1) is 52.1 Å². The van der Waals surface area contributed by atoms with Crippen molar-refractivity contribution in [2.24, 2.45) is 23.7 Å². The zero-order valence-electron chi connectivity index (χ0n) is 36.9. The Morgan fingerprint density at radius 1 is 0.552 bits per heavy atom. The number of ether oxygens (including phenoxy) is 6. The molecule has 0 unspecified atom stereocenters. The zero-order valence-corrected chi connectivity index (χ0v) is 39.2. The molecule has 7 rings (SSSR count). The average molecular weight is 969 g/mol. The first kappa shape index (κ1) is 48.5. The second-order valence-corrected chi connectivity index (χ2v) is 18.3.